The lowest BCUT2D eigenvalue weighted by Crippen LogP contribution is -2.35. The SMILES string of the molecule is CC(C)OC(=O)[C@H](C)N[P+](=O)C(C)(C)C. The molecule has 0 radical (unpaired) electrons. The Labute approximate surface area is 92.6 Å². The van der Waals surface area contributed by atoms with E-state index in [1.807, 2.05) is 20.8 Å². The van der Waals surface area contributed by atoms with Crippen LogP contribution in [0.5, 0.6) is 0 Å². The number of ether oxygens (including phenoxy) is 1. The summed E-state index contributed by atoms with van der Waals surface area (Å²) in [5.41, 5.74) is 0. The van der Waals surface area contributed by atoms with Gasteiger partial charge in [0.05, 0.1) is 6.10 Å². The summed E-state index contributed by atoms with van der Waals surface area (Å²) in [6, 6.07) is -0.532. The molecule has 0 fully saturated rings. The summed E-state index contributed by atoms with van der Waals surface area (Å²) in [7, 11) is -1.62. The molecule has 0 aromatic heterocycles. The zero-order chi connectivity index (χ0) is 12.2. The second-order valence-corrected chi connectivity index (χ2v) is 6.99. The van der Waals surface area contributed by atoms with Crippen molar-refractivity contribution in [1.82, 2.24) is 5.09 Å². The quantitative estimate of drug-likeness (QED) is 0.599. The van der Waals surface area contributed by atoms with Gasteiger partial charge in [-0.25, -0.2) is 0 Å². The van der Waals surface area contributed by atoms with Gasteiger partial charge in [-0.2, -0.15) is 0 Å². The van der Waals surface area contributed by atoms with Crippen LogP contribution in [0.15, 0.2) is 0 Å². The fraction of sp³-hybridized carbons (Fsp3) is 0.900. The van der Waals surface area contributed by atoms with Crippen molar-refractivity contribution < 1.29 is 14.1 Å². The third-order valence-electron chi connectivity index (χ3n) is 1.63. The van der Waals surface area contributed by atoms with E-state index in [1.54, 1.807) is 20.8 Å². The molecule has 0 aliphatic heterocycles. The third kappa shape index (κ3) is 5.85. The van der Waals surface area contributed by atoms with Crippen molar-refractivity contribution in [3.8, 4) is 0 Å². The van der Waals surface area contributed by atoms with Crippen molar-refractivity contribution in [2.24, 2.45) is 0 Å². The highest BCUT2D eigenvalue weighted by Crippen LogP contribution is 2.34. The van der Waals surface area contributed by atoms with Crippen molar-refractivity contribution in [2.75, 3.05) is 0 Å². The number of nitrogens with one attached hydrogen (secondary N) is 1. The molecule has 15 heavy (non-hydrogen) atoms. The van der Waals surface area contributed by atoms with Gasteiger partial charge in [0.2, 0.25) is 0 Å². The highest BCUT2D eigenvalue weighted by atomic mass is 31.1. The zero-order valence-corrected chi connectivity index (χ0v) is 11.2. The average Bonchev–Trinajstić information content (AvgIpc) is 2.00. The van der Waals surface area contributed by atoms with Crippen LogP contribution < -0.4 is 5.09 Å². The Morgan fingerprint density at radius 3 is 2.07 bits per heavy atom. The molecule has 2 atom stereocenters. The van der Waals surface area contributed by atoms with Crippen LogP contribution in [-0.4, -0.2) is 23.3 Å². The molecule has 1 N–H and O–H groups in total. The Kier molecular flexibility index (Phi) is 5.39. The molecule has 0 rings (SSSR count). The molecule has 0 aliphatic rings. The van der Waals surface area contributed by atoms with E-state index < -0.39 is 14.0 Å². The van der Waals surface area contributed by atoms with Crippen molar-refractivity contribution in [1.29, 1.82) is 0 Å². The largest absolute Gasteiger partial charge is 0.462 e. The monoisotopic (exact) mass is 234 g/mol. The van der Waals surface area contributed by atoms with Crippen molar-refractivity contribution >= 4 is 13.9 Å². The second kappa shape index (κ2) is 5.57. The van der Waals surface area contributed by atoms with E-state index >= 15 is 0 Å². The normalized spacial score (nSPS) is 15.0. The minimum Gasteiger partial charge on any atom is -0.462 e. The highest BCUT2D eigenvalue weighted by Gasteiger charge is 2.37. The van der Waals surface area contributed by atoms with Gasteiger partial charge in [0, 0.05) is 0 Å². The molecule has 0 amide bonds. The standard InChI is InChI=1S/C10H21NO3P/c1-7(2)14-9(12)8(3)11-15(13)10(4,5)6/h7-8H,1-6H3,(H,11,13)/q+1/t8-/m0/s1. The molecule has 0 aliphatic carbocycles. The maximum absolute atomic E-state index is 11.7. The van der Waals surface area contributed by atoms with Gasteiger partial charge >= 0.3 is 13.9 Å². The van der Waals surface area contributed by atoms with Crippen LogP contribution in [0, 0.1) is 0 Å². The summed E-state index contributed by atoms with van der Waals surface area (Å²) in [5, 5.41) is 2.41. The van der Waals surface area contributed by atoms with E-state index in [2.05, 4.69) is 5.09 Å². The van der Waals surface area contributed by atoms with Gasteiger partial charge in [0.1, 0.15) is 6.04 Å². The van der Waals surface area contributed by atoms with E-state index in [4.69, 9.17) is 4.74 Å². The number of carbonyl (C=O) groups excluding carboxylic acids is 1. The zero-order valence-electron chi connectivity index (χ0n) is 10.3. The number of esters is 1. The summed E-state index contributed by atoms with van der Waals surface area (Å²) in [6.45, 7) is 10.8. The second-order valence-electron chi connectivity index (χ2n) is 4.80. The average molecular weight is 234 g/mol. The Bertz CT molecular complexity index is 246. The molecule has 0 aromatic carbocycles. The van der Waals surface area contributed by atoms with Crippen LogP contribution in [0.3, 0.4) is 0 Å². The van der Waals surface area contributed by atoms with Gasteiger partial charge in [0.25, 0.3) is 0 Å². The predicted octanol–water partition coefficient (Wildman–Crippen LogP) is 2.46. The smallest absolute Gasteiger partial charge is 0.438 e. The number of carbonyl (C=O) groups is 1. The molecule has 0 saturated heterocycles. The summed E-state index contributed by atoms with van der Waals surface area (Å²) in [4.78, 5) is 11.4. The van der Waals surface area contributed by atoms with Gasteiger partial charge < -0.3 is 4.74 Å². The minimum absolute atomic E-state index is 0.144. The van der Waals surface area contributed by atoms with Gasteiger partial charge in [-0.3, -0.25) is 4.79 Å². The Morgan fingerprint density at radius 1 is 1.27 bits per heavy atom. The number of hydrogen-bond donors (Lipinski definition) is 1. The molecule has 5 heteroatoms. The number of hydrogen-bond acceptors (Lipinski definition) is 3. The van der Waals surface area contributed by atoms with Gasteiger partial charge in [-0.05, 0) is 46.1 Å². The fourth-order valence-electron chi connectivity index (χ4n) is 0.757. The molecule has 4 nitrogen and oxygen atoms in total. The van der Waals surface area contributed by atoms with Crippen LogP contribution in [0.25, 0.3) is 0 Å². The molecule has 0 spiro atoms. The van der Waals surface area contributed by atoms with Crippen LogP contribution in [0.2, 0.25) is 0 Å². The van der Waals surface area contributed by atoms with E-state index in [0.29, 0.717) is 0 Å². The van der Waals surface area contributed by atoms with E-state index in [-0.39, 0.29) is 17.2 Å². The summed E-state index contributed by atoms with van der Waals surface area (Å²) in [5.74, 6) is -0.363. The van der Waals surface area contributed by atoms with Crippen LogP contribution >= 0.6 is 7.95 Å². The lowest BCUT2D eigenvalue weighted by molar-refractivity contribution is -0.148. The first-order valence-electron chi connectivity index (χ1n) is 5.08. The van der Waals surface area contributed by atoms with Crippen molar-refractivity contribution in [2.45, 2.75) is 58.8 Å². The molecule has 1 unspecified atom stereocenters. The van der Waals surface area contributed by atoms with Crippen LogP contribution in [0.4, 0.5) is 0 Å². The molecule has 0 bridgehead atoms. The van der Waals surface area contributed by atoms with E-state index in [1.165, 1.54) is 0 Å². The van der Waals surface area contributed by atoms with Crippen molar-refractivity contribution in [3.63, 3.8) is 0 Å². The predicted molar refractivity (Wildman–Crippen MR) is 61.2 cm³/mol. The molecule has 0 saturated carbocycles. The highest BCUT2D eigenvalue weighted by molar-refractivity contribution is 7.44. The topological polar surface area (TPSA) is 55.4 Å². The first kappa shape index (κ1) is 14.5. The van der Waals surface area contributed by atoms with E-state index in [9.17, 15) is 9.36 Å². The van der Waals surface area contributed by atoms with Gasteiger partial charge in [0.15, 0.2) is 5.16 Å². The minimum atomic E-state index is -1.62. The number of rotatable bonds is 4. The first-order valence-corrected chi connectivity index (χ1v) is 6.34. The Balaban J connectivity index is 4.20. The van der Waals surface area contributed by atoms with Crippen LogP contribution in [0.1, 0.15) is 41.5 Å². The maximum Gasteiger partial charge on any atom is 0.438 e. The Hall–Kier alpha value is -0.470. The van der Waals surface area contributed by atoms with Crippen LogP contribution in [-0.2, 0) is 14.1 Å². The third-order valence-corrected chi connectivity index (χ3v) is 3.47. The molecule has 88 valence electrons. The molecule has 0 aromatic rings. The molecule has 0 heterocycles. The molecular formula is C10H21NO3P+. The summed E-state index contributed by atoms with van der Waals surface area (Å²) >= 11 is 0. The molecular weight excluding hydrogens is 213 g/mol. The Morgan fingerprint density at radius 2 is 1.73 bits per heavy atom. The summed E-state index contributed by atoms with van der Waals surface area (Å²) < 4.78 is 16.7. The van der Waals surface area contributed by atoms with Gasteiger partial charge in [-0.1, -0.05) is 5.09 Å². The fourth-order valence-corrected chi connectivity index (χ4v) is 1.60. The maximum atomic E-state index is 11.7. The summed E-state index contributed by atoms with van der Waals surface area (Å²) in [6.07, 6.45) is -0.144. The van der Waals surface area contributed by atoms with Crippen molar-refractivity contribution in [3.05, 3.63) is 0 Å². The van der Waals surface area contributed by atoms with Gasteiger partial charge in [-0.15, -0.1) is 0 Å². The lowest BCUT2D eigenvalue weighted by atomic mass is 10.3. The first-order chi connectivity index (χ1) is 6.64. The lowest BCUT2D eigenvalue weighted by Gasteiger charge is -2.13. The van der Waals surface area contributed by atoms with E-state index in [0.717, 1.165) is 0 Å².